The number of amides is 1. The zero-order valence-corrected chi connectivity index (χ0v) is 20.9. The molecule has 33 heavy (non-hydrogen) atoms. The molecule has 0 spiro atoms. The van der Waals surface area contributed by atoms with E-state index < -0.39 is 10.0 Å². The molecule has 1 N–H and O–H groups in total. The monoisotopic (exact) mass is 488 g/mol. The van der Waals surface area contributed by atoms with Crippen LogP contribution in [0.1, 0.15) is 39.0 Å². The smallest absolute Gasteiger partial charge is 0.264 e. The van der Waals surface area contributed by atoms with Gasteiger partial charge >= 0.3 is 0 Å². The van der Waals surface area contributed by atoms with Crippen LogP contribution in [0.5, 0.6) is 5.75 Å². The first kappa shape index (κ1) is 25.2. The number of sulfonamides is 1. The van der Waals surface area contributed by atoms with Gasteiger partial charge in [0.2, 0.25) is 5.91 Å². The van der Waals surface area contributed by atoms with E-state index in [4.69, 9.17) is 4.74 Å². The summed E-state index contributed by atoms with van der Waals surface area (Å²) in [6.45, 7) is 2.61. The second-order valence-corrected chi connectivity index (χ2v) is 10.6. The Hall–Kier alpha value is -2.45. The Bertz CT molecular complexity index is 1050. The summed E-state index contributed by atoms with van der Waals surface area (Å²) in [5.74, 6) is 0.317. The van der Waals surface area contributed by atoms with Crippen LogP contribution in [0.25, 0.3) is 0 Å². The molecule has 0 heterocycles. The molecule has 0 saturated heterocycles. The van der Waals surface area contributed by atoms with E-state index in [-0.39, 0.29) is 17.3 Å². The molecule has 0 aromatic heterocycles. The number of allylic oxidation sites excluding steroid dienone is 1. The predicted octanol–water partition coefficient (Wildman–Crippen LogP) is 5.01. The van der Waals surface area contributed by atoms with Crippen LogP contribution in [0, 0.1) is 0 Å². The molecule has 1 aliphatic carbocycles. The lowest BCUT2D eigenvalue weighted by molar-refractivity contribution is -0.119. The van der Waals surface area contributed by atoms with Gasteiger partial charge in [0, 0.05) is 11.4 Å². The summed E-state index contributed by atoms with van der Waals surface area (Å²) in [5, 5.41) is 2.89. The van der Waals surface area contributed by atoms with Gasteiger partial charge < -0.3 is 10.1 Å². The standard InChI is InChI=1S/C25H32N2O4S2/c1-3-31-22-11-9-21(10-12-22)27(33(29,30)24-15-13-23(32-2)14-16-24)19-25(28)26-18-17-20-7-5-4-6-8-20/h7,9-16H,3-6,8,17-19H2,1-2H3,(H,26,28). The fourth-order valence-electron chi connectivity index (χ4n) is 3.75. The molecule has 0 aliphatic heterocycles. The van der Waals surface area contributed by atoms with Crippen LogP contribution >= 0.6 is 11.8 Å². The SMILES string of the molecule is CCOc1ccc(N(CC(=O)NCCC2=CCCCC2)S(=O)(=O)c2ccc(SC)cc2)cc1. The first-order valence-electron chi connectivity index (χ1n) is 11.3. The maximum Gasteiger partial charge on any atom is 0.264 e. The first-order chi connectivity index (χ1) is 15.9. The van der Waals surface area contributed by atoms with Crippen LogP contribution in [-0.4, -0.2) is 40.3 Å². The Balaban J connectivity index is 1.78. The van der Waals surface area contributed by atoms with Gasteiger partial charge in [0.1, 0.15) is 12.3 Å². The van der Waals surface area contributed by atoms with Crippen molar-refractivity contribution < 1.29 is 17.9 Å². The zero-order chi connectivity index (χ0) is 23.7. The van der Waals surface area contributed by atoms with Crippen molar-refractivity contribution in [3.05, 3.63) is 60.2 Å². The van der Waals surface area contributed by atoms with E-state index >= 15 is 0 Å². The minimum absolute atomic E-state index is 0.148. The normalized spacial score (nSPS) is 13.8. The Morgan fingerprint density at radius 1 is 1.09 bits per heavy atom. The van der Waals surface area contributed by atoms with Gasteiger partial charge in [-0.3, -0.25) is 9.10 Å². The molecule has 3 rings (SSSR count). The van der Waals surface area contributed by atoms with Gasteiger partial charge in [0.05, 0.1) is 17.2 Å². The van der Waals surface area contributed by atoms with Crippen molar-refractivity contribution in [2.75, 3.05) is 30.3 Å². The molecular weight excluding hydrogens is 456 g/mol. The Morgan fingerprint density at radius 2 is 1.82 bits per heavy atom. The summed E-state index contributed by atoms with van der Waals surface area (Å²) in [6.07, 6.45) is 9.59. The molecule has 0 radical (unpaired) electrons. The summed E-state index contributed by atoms with van der Waals surface area (Å²) in [4.78, 5) is 13.9. The Morgan fingerprint density at radius 3 is 2.42 bits per heavy atom. The highest BCUT2D eigenvalue weighted by Gasteiger charge is 2.27. The molecule has 0 unspecified atom stereocenters. The van der Waals surface area contributed by atoms with Crippen LogP contribution in [-0.2, 0) is 14.8 Å². The lowest BCUT2D eigenvalue weighted by Gasteiger charge is -2.24. The molecule has 0 fully saturated rings. The summed E-state index contributed by atoms with van der Waals surface area (Å²) in [5.41, 5.74) is 1.78. The summed E-state index contributed by atoms with van der Waals surface area (Å²) in [6, 6.07) is 13.5. The van der Waals surface area contributed by atoms with Crippen molar-refractivity contribution in [3.63, 3.8) is 0 Å². The number of carbonyl (C=O) groups is 1. The van der Waals surface area contributed by atoms with Crippen LogP contribution in [0.2, 0.25) is 0 Å². The topological polar surface area (TPSA) is 75.7 Å². The third-order valence-electron chi connectivity index (χ3n) is 5.52. The Kier molecular flexibility index (Phi) is 9.26. The van der Waals surface area contributed by atoms with E-state index in [1.54, 1.807) is 48.5 Å². The second-order valence-electron chi connectivity index (χ2n) is 7.82. The number of ether oxygens (including phenoxy) is 1. The lowest BCUT2D eigenvalue weighted by atomic mass is 9.97. The minimum atomic E-state index is -3.93. The van der Waals surface area contributed by atoms with E-state index in [9.17, 15) is 13.2 Å². The Labute approximate surface area is 201 Å². The molecule has 0 atom stereocenters. The van der Waals surface area contributed by atoms with Gasteiger partial charge in [-0.2, -0.15) is 0 Å². The van der Waals surface area contributed by atoms with Gasteiger partial charge in [-0.1, -0.05) is 11.6 Å². The van der Waals surface area contributed by atoms with E-state index in [1.165, 1.54) is 30.2 Å². The number of rotatable bonds is 11. The highest BCUT2D eigenvalue weighted by Crippen LogP contribution is 2.27. The van der Waals surface area contributed by atoms with Crippen LogP contribution in [0.15, 0.2) is 70.0 Å². The zero-order valence-electron chi connectivity index (χ0n) is 19.2. The summed E-state index contributed by atoms with van der Waals surface area (Å²) >= 11 is 1.54. The average Bonchev–Trinajstić information content (AvgIpc) is 2.84. The number of hydrogen-bond donors (Lipinski definition) is 1. The number of anilines is 1. The van der Waals surface area contributed by atoms with Crippen molar-refractivity contribution >= 4 is 33.4 Å². The van der Waals surface area contributed by atoms with Crippen molar-refractivity contribution in [1.82, 2.24) is 5.32 Å². The summed E-state index contributed by atoms with van der Waals surface area (Å²) < 4.78 is 33.6. The molecule has 0 saturated carbocycles. The van der Waals surface area contributed by atoms with Gasteiger partial charge in [-0.05, 0) is 93.8 Å². The van der Waals surface area contributed by atoms with Gasteiger partial charge in [-0.25, -0.2) is 8.42 Å². The number of nitrogens with one attached hydrogen (secondary N) is 1. The molecule has 178 valence electrons. The van der Waals surface area contributed by atoms with E-state index in [2.05, 4.69) is 11.4 Å². The second kappa shape index (κ2) is 12.1. The van der Waals surface area contributed by atoms with Crippen molar-refractivity contribution in [3.8, 4) is 5.75 Å². The molecule has 2 aromatic carbocycles. The molecule has 1 amide bonds. The minimum Gasteiger partial charge on any atom is -0.494 e. The summed E-state index contributed by atoms with van der Waals surface area (Å²) in [7, 11) is -3.93. The number of nitrogens with zero attached hydrogens (tertiary/aromatic N) is 1. The molecule has 0 bridgehead atoms. The number of carbonyl (C=O) groups excluding carboxylic acids is 1. The average molecular weight is 489 g/mol. The van der Waals surface area contributed by atoms with E-state index in [0.717, 1.165) is 28.5 Å². The van der Waals surface area contributed by atoms with Crippen molar-refractivity contribution in [2.45, 2.75) is 48.8 Å². The largest absolute Gasteiger partial charge is 0.494 e. The molecule has 1 aliphatic rings. The third kappa shape index (κ3) is 7.01. The fraction of sp³-hybridized carbons (Fsp3) is 0.400. The van der Waals surface area contributed by atoms with Crippen LogP contribution in [0.4, 0.5) is 5.69 Å². The predicted molar refractivity (Wildman–Crippen MR) is 135 cm³/mol. The maximum absolute atomic E-state index is 13.5. The lowest BCUT2D eigenvalue weighted by Crippen LogP contribution is -2.41. The molecule has 8 heteroatoms. The highest BCUT2D eigenvalue weighted by atomic mass is 32.2. The fourth-order valence-corrected chi connectivity index (χ4v) is 5.58. The van der Waals surface area contributed by atoms with Gasteiger partial charge in [-0.15, -0.1) is 11.8 Å². The van der Waals surface area contributed by atoms with Crippen LogP contribution in [0.3, 0.4) is 0 Å². The van der Waals surface area contributed by atoms with Crippen LogP contribution < -0.4 is 14.4 Å². The third-order valence-corrected chi connectivity index (χ3v) is 8.06. The highest BCUT2D eigenvalue weighted by molar-refractivity contribution is 7.98. The first-order valence-corrected chi connectivity index (χ1v) is 13.9. The van der Waals surface area contributed by atoms with Gasteiger partial charge in [0.15, 0.2) is 0 Å². The number of thioether (sulfide) groups is 1. The number of hydrogen-bond acceptors (Lipinski definition) is 5. The van der Waals surface area contributed by atoms with Crippen molar-refractivity contribution in [2.24, 2.45) is 0 Å². The molecule has 6 nitrogen and oxygen atoms in total. The van der Waals surface area contributed by atoms with E-state index in [0.29, 0.717) is 24.6 Å². The molecule has 2 aromatic rings. The quantitative estimate of drug-likeness (QED) is 0.355. The van der Waals surface area contributed by atoms with E-state index in [1.807, 2.05) is 13.2 Å². The van der Waals surface area contributed by atoms with Crippen molar-refractivity contribution in [1.29, 1.82) is 0 Å². The maximum atomic E-state index is 13.5. The molecular formula is C25H32N2O4S2. The van der Waals surface area contributed by atoms with Gasteiger partial charge in [0.25, 0.3) is 10.0 Å². The number of benzene rings is 2.